The van der Waals surface area contributed by atoms with Crippen molar-refractivity contribution < 1.29 is 35.9 Å². The molecule has 0 unspecified atom stereocenters. The molecule has 2 rings (SSSR count). The molecule has 0 aliphatic carbocycles. The maximum Gasteiger partial charge on any atom is 0.573 e. The lowest BCUT2D eigenvalue weighted by Gasteiger charge is -2.14. The summed E-state index contributed by atoms with van der Waals surface area (Å²) in [7, 11) is 0. The Morgan fingerprint density at radius 1 is 0.870 bits per heavy atom. The minimum absolute atomic E-state index is 0.137. The van der Waals surface area contributed by atoms with Gasteiger partial charge in [-0.3, -0.25) is 4.79 Å². The minimum Gasteiger partial charge on any atom is -0.406 e. The van der Waals surface area contributed by atoms with Crippen LogP contribution in [0.5, 0.6) is 5.75 Å². The third-order valence-electron chi connectivity index (χ3n) is 2.81. The average molecular weight is 334 g/mol. The Hall–Kier alpha value is -2.51. The number of Topliss-reactive ketones (excluding diaryl/α,β-unsaturated/α-hetero) is 1. The molecule has 0 aromatic heterocycles. The molecule has 2 aromatic carbocycles. The summed E-state index contributed by atoms with van der Waals surface area (Å²) in [6.45, 7) is 0. The van der Waals surface area contributed by atoms with Gasteiger partial charge in [0, 0.05) is 5.56 Å². The lowest BCUT2D eigenvalue weighted by molar-refractivity contribution is -0.274. The predicted octanol–water partition coefficient (Wildman–Crippen LogP) is 5.00. The number of alkyl halides is 6. The van der Waals surface area contributed by atoms with Gasteiger partial charge in [0.05, 0.1) is 0 Å². The van der Waals surface area contributed by atoms with Crippen LogP contribution in [0.4, 0.5) is 26.3 Å². The van der Waals surface area contributed by atoms with Crippen molar-refractivity contribution in [2.24, 2.45) is 0 Å². The number of ether oxygens (including phenoxy) is 1. The van der Waals surface area contributed by atoms with E-state index in [9.17, 15) is 31.1 Å². The molecule has 0 N–H and O–H groups in total. The Bertz CT molecular complexity index is 704. The summed E-state index contributed by atoms with van der Waals surface area (Å²) >= 11 is 0. The molecule has 2 aromatic rings. The average Bonchev–Trinajstić information content (AvgIpc) is 2.44. The SMILES string of the molecule is O=C(c1cc(OC(F)(F)F)ccc1-c1ccccc1)C(F)(F)F. The second kappa shape index (κ2) is 5.94. The molecule has 122 valence electrons. The van der Waals surface area contributed by atoms with Crippen LogP contribution in [0.15, 0.2) is 48.5 Å². The maximum atomic E-state index is 12.7. The summed E-state index contributed by atoms with van der Waals surface area (Å²) in [6, 6.07) is 9.80. The van der Waals surface area contributed by atoms with Crippen LogP contribution in [0.1, 0.15) is 10.4 Å². The van der Waals surface area contributed by atoms with Gasteiger partial charge in [-0.1, -0.05) is 30.3 Å². The highest BCUT2D eigenvalue weighted by Crippen LogP contribution is 2.33. The molecular weight excluding hydrogens is 326 g/mol. The topological polar surface area (TPSA) is 26.3 Å². The van der Waals surface area contributed by atoms with Gasteiger partial charge in [0.15, 0.2) is 0 Å². The summed E-state index contributed by atoms with van der Waals surface area (Å²) in [5.74, 6) is -3.14. The highest BCUT2D eigenvalue weighted by Gasteiger charge is 2.41. The number of rotatable bonds is 3. The summed E-state index contributed by atoms with van der Waals surface area (Å²) in [4.78, 5) is 11.5. The number of hydrogen-bond donors (Lipinski definition) is 0. The van der Waals surface area contributed by atoms with E-state index in [4.69, 9.17) is 0 Å². The number of carbonyl (C=O) groups excluding carboxylic acids is 1. The summed E-state index contributed by atoms with van der Waals surface area (Å²) in [6.07, 6.45) is -10.3. The number of carbonyl (C=O) groups is 1. The molecule has 8 heteroatoms. The molecule has 0 bridgehead atoms. The second-order valence-electron chi connectivity index (χ2n) is 4.45. The van der Waals surface area contributed by atoms with Crippen molar-refractivity contribution in [3.8, 4) is 16.9 Å². The van der Waals surface area contributed by atoms with Gasteiger partial charge in [0.1, 0.15) is 5.75 Å². The predicted molar refractivity (Wildman–Crippen MR) is 68.9 cm³/mol. The van der Waals surface area contributed by atoms with Crippen molar-refractivity contribution in [1.82, 2.24) is 0 Å². The third kappa shape index (κ3) is 4.24. The normalized spacial score (nSPS) is 12.1. The molecule has 23 heavy (non-hydrogen) atoms. The lowest BCUT2D eigenvalue weighted by Crippen LogP contribution is -2.24. The number of ketones is 1. The Balaban J connectivity index is 2.57. The van der Waals surface area contributed by atoms with Crippen LogP contribution in [0.2, 0.25) is 0 Å². The fourth-order valence-corrected chi connectivity index (χ4v) is 1.93. The quantitative estimate of drug-likeness (QED) is 0.583. The molecule has 0 atom stereocenters. The van der Waals surface area contributed by atoms with Crippen LogP contribution in [-0.2, 0) is 0 Å². The summed E-state index contributed by atoms with van der Waals surface area (Å²) in [5.41, 5.74) is -0.786. The Kier molecular flexibility index (Phi) is 4.35. The van der Waals surface area contributed by atoms with E-state index in [1.165, 1.54) is 24.3 Å². The first-order chi connectivity index (χ1) is 10.6. The van der Waals surface area contributed by atoms with Gasteiger partial charge in [0.2, 0.25) is 0 Å². The van der Waals surface area contributed by atoms with Gasteiger partial charge in [0.25, 0.3) is 5.78 Å². The van der Waals surface area contributed by atoms with Gasteiger partial charge >= 0.3 is 12.5 Å². The van der Waals surface area contributed by atoms with Crippen LogP contribution < -0.4 is 4.74 Å². The molecular formula is C15H8F6O2. The molecule has 0 aliphatic heterocycles. The molecule has 0 saturated heterocycles. The van der Waals surface area contributed by atoms with E-state index in [2.05, 4.69) is 4.74 Å². The summed E-state index contributed by atoms with van der Waals surface area (Å²) < 4.78 is 78.2. The molecule has 0 saturated carbocycles. The van der Waals surface area contributed by atoms with Crippen molar-refractivity contribution in [2.45, 2.75) is 12.5 Å². The Morgan fingerprint density at radius 2 is 1.48 bits per heavy atom. The highest BCUT2D eigenvalue weighted by molar-refractivity contribution is 6.06. The van der Waals surface area contributed by atoms with Crippen molar-refractivity contribution >= 4 is 5.78 Å². The van der Waals surface area contributed by atoms with Gasteiger partial charge < -0.3 is 4.74 Å². The first kappa shape index (κ1) is 16.9. The monoisotopic (exact) mass is 334 g/mol. The van der Waals surface area contributed by atoms with E-state index in [1.807, 2.05) is 0 Å². The van der Waals surface area contributed by atoms with Gasteiger partial charge in [-0.15, -0.1) is 13.2 Å². The molecule has 0 aliphatic rings. The van der Waals surface area contributed by atoms with Gasteiger partial charge in [-0.25, -0.2) is 0 Å². The largest absolute Gasteiger partial charge is 0.573 e. The van der Waals surface area contributed by atoms with E-state index in [0.29, 0.717) is 6.07 Å². The lowest BCUT2D eigenvalue weighted by atomic mass is 9.96. The molecule has 2 nitrogen and oxygen atoms in total. The standard InChI is InChI=1S/C15H8F6O2/c16-14(17,18)13(22)12-8-10(23-15(19,20)21)6-7-11(12)9-4-2-1-3-5-9/h1-8H. The van der Waals surface area contributed by atoms with Crippen molar-refractivity contribution in [1.29, 1.82) is 0 Å². The van der Waals surface area contributed by atoms with Crippen LogP contribution in [-0.4, -0.2) is 18.3 Å². The first-order valence-electron chi connectivity index (χ1n) is 6.14. The fraction of sp³-hybridized carbons (Fsp3) is 0.133. The molecule has 0 radical (unpaired) electrons. The van der Waals surface area contributed by atoms with E-state index < -0.39 is 29.6 Å². The fourth-order valence-electron chi connectivity index (χ4n) is 1.93. The smallest absolute Gasteiger partial charge is 0.406 e. The molecule has 0 heterocycles. The first-order valence-corrected chi connectivity index (χ1v) is 6.14. The van der Waals surface area contributed by atoms with E-state index in [0.717, 1.165) is 12.1 Å². The van der Waals surface area contributed by atoms with Crippen molar-refractivity contribution in [2.75, 3.05) is 0 Å². The van der Waals surface area contributed by atoms with Crippen molar-refractivity contribution in [3.05, 3.63) is 54.1 Å². The van der Waals surface area contributed by atoms with Crippen molar-refractivity contribution in [3.63, 3.8) is 0 Å². The zero-order chi connectivity index (χ0) is 17.3. The van der Waals surface area contributed by atoms with E-state index in [-0.39, 0.29) is 11.1 Å². The second-order valence-corrected chi connectivity index (χ2v) is 4.45. The molecule has 0 spiro atoms. The maximum absolute atomic E-state index is 12.7. The van der Waals surface area contributed by atoms with Crippen LogP contribution in [0.25, 0.3) is 11.1 Å². The van der Waals surface area contributed by atoms with Gasteiger partial charge in [-0.2, -0.15) is 13.2 Å². The number of hydrogen-bond acceptors (Lipinski definition) is 2. The number of halogens is 6. The van der Waals surface area contributed by atoms with E-state index >= 15 is 0 Å². The molecule has 0 amide bonds. The third-order valence-corrected chi connectivity index (χ3v) is 2.81. The zero-order valence-electron chi connectivity index (χ0n) is 11.2. The highest BCUT2D eigenvalue weighted by atomic mass is 19.4. The van der Waals surface area contributed by atoms with E-state index in [1.54, 1.807) is 6.07 Å². The summed E-state index contributed by atoms with van der Waals surface area (Å²) in [5, 5.41) is 0. The van der Waals surface area contributed by atoms with Gasteiger partial charge in [-0.05, 0) is 29.3 Å². The molecule has 0 fully saturated rings. The van der Waals surface area contributed by atoms with Crippen LogP contribution >= 0.6 is 0 Å². The minimum atomic E-state index is -5.22. The van der Waals surface area contributed by atoms with Crippen LogP contribution in [0, 0.1) is 0 Å². The van der Waals surface area contributed by atoms with Crippen LogP contribution in [0.3, 0.4) is 0 Å². The Morgan fingerprint density at radius 3 is 2.00 bits per heavy atom. The Labute approximate surface area is 126 Å². The zero-order valence-corrected chi connectivity index (χ0v) is 11.2. The number of benzene rings is 2.